The van der Waals surface area contributed by atoms with Crippen LogP contribution in [0.5, 0.6) is 0 Å². The van der Waals surface area contributed by atoms with Crippen molar-refractivity contribution in [2.75, 3.05) is 0 Å². The minimum absolute atomic E-state index is 0.365. The maximum absolute atomic E-state index is 9.97. The Hall–Kier alpha value is -1.27. The first-order valence-corrected chi connectivity index (χ1v) is 5.61. The molecule has 0 aliphatic carbocycles. The largest absolute Gasteiger partial charge is 0.388 e. The van der Waals surface area contributed by atoms with Gasteiger partial charge in [-0.05, 0) is 22.9 Å². The molecule has 5 nitrogen and oxygen atoms in total. The smallest absolute Gasteiger partial charge is 0.177 e. The Kier molecular flexibility index (Phi) is 3.31. The molecular weight excluding hydrogens is 272 g/mol. The first-order chi connectivity index (χ1) is 7.65. The Labute approximate surface area is 101 Å². The van der Waals surface area contributed by atoms with Crippen LogP contribution in [-0.4, -0.2) is 25.3 Å². The molecule has 2 rings (SSSR count). The van der Waals surface area contributed by atoms with Crippen LogP contribution in [0.25, 0.3) is 0 Å². The van der Waals surface area contributed by atoms with E-state index in [0.29, 0.717) is 12.2 Å². The molecule has 0 aliphatic heterocycles. The van der Waals surface area contributed by atoms with Gasteiger partial charge in [-0.2, -0.15) is 4.80 Å². The number of rotatable bonds is 3. The molecule has 0 fully saturated rings. The molecule has 0 radical (unpaired) electrons. The number of hydrogen-bond donors (Lipinski definition) is 1. The summed E-state index contributed by atoms with van der Waals surface area (Å²) in [5, 5.41) is 21.5. The van der Waals surface area contributed by atoms with Crippen molar-refractivity contribution in [1.29, 1.82) is 0 Å². The fourth-order valence-electron chi connectivity index (χ4n) is 1.41. The summed E-state index contributed by atoms with van der Waals surface area (Å²) in [5.74, 6) is 0.537. The van der Waals surface area contributed by atoms with Gasteiger partial charge in [0, 0.05) is 10.9 Å². The zero-order chi connectivity index (χ0) is 11.5. The van der Waals surface area contributed by atoms with Crippen molar-refractivity contribution >= 4 is 15.9 Å². The van der Waals surface area contributed by atoms with Gasteiger partial charge in [-0.15, -0.1) is 10.2 Å². The third kappa shape index (κ3) is 2.65. The quantitative estimate of drug-likeness (QED) is 0.920. The standard InChI is InChI=1S/C10H11BrN4O/c1-15-13-10(12-14-15)6-9(16)7-3-2-4-8(11)5-7/h2-5,9,16H,6H2,1H3. The lowest BCUT2D eigenvalue weighted by Gasteiger charge is -2.08. The van der Waals surface area contributed by atoms with Gasteiger partial charge in [-0.1, -0.05) is 28.1 Å². The Morgan fingerprint density at radius 1 is 1.50 bits per heavy atom. The van der Waals surface area contributed by atoms with E-state index in [1.807, 2.05) is 24.3 Å². The molecule has 0 bridgehead atoms. The molecule has 84 valence electrons. The Bertz CT molecular complexity index is 485. The normalized spacial score (nSPS) is 12.7. The summed E-state index contributed by atoms with van der Waals surface area (Å²) in [4.78, 5) is 1.38. The van der Waals surface area contributed by atoms with Gasteiger partial charge in [0.1, 0.15) is 0 Å². The molecule has 0 spiro atoms. The molecule has 1 heterocycles. The average Bonchev–Trinajstić information content (AvgIpc) is 2.64. The third-order valence-corrected chi connectivity index (χ3v) is 2.65. The number of aromatic nitrogens is 4. The van der Waals surface area contributed by atoms with E-state index in [4.69, 9.17) is 0 Å². The Balaban J connectivity index is 2.11. The van der Waals surface area contributed by atoms with Crippen LogP contribution in [0.2, 0.25) is 0 Å². The van der Waals surface area contributed by atoms with Gasteiger partial charge in [-0.3, -0.25) is 0 Å². The van der Waals surface area contributed by atoms with Gasteiger partial charge >= 0.3 is 0 Å². The van der Waals surface area contributed by atoms with Gasteiger partial charge < -0.3 is 5.11 Å². The molecule has 1 unspecified atom stereocenters. The lowest BCUT2D eigenvalue weighted by molar-refractivity contribution is 0.175. The molecular formula is C10H11BrN4O. The van der Waals surface area contributed by atoms with Gasteiger partial charge in [-0.25, -0.2) is 0 Å². The second kappa shape index (κ2) is 4.71. The maximum Gasteiger partial charge on any atom is 0.177 e. The molecule has 1 aromatic carbocycles. The minimum Gasteiger partial charge on any atom is -0.388 e. The van der Waals surface area contributed by atoms with Gasteiger partial charge in [0.15, 0.2) is 5.82 Å². The number of aryl methyl sites for hydroxylation is 1. The molecule has 2 aromatic rings. The van der Waals surface area contributed by atoms with Gasteiger partial charge in [0.25, 0.3) is 0 Å². The van der Waals surface area contributed by atoms with Crippen molar-refractivity contribution in [2.24, 2.45) is 7.05 Å². The van der Waals surface area contributed by atoms with Crippen LogP contribution in [0.15, 0.2) is 28.7 Å². The topological polar surface area (TPSA) is 63.8 Å². The van der Waals surface area contributed by atoms with E-state index < -0.39 is 6.10 Å². The molecule has 1 aromatic heterocycles. The van der Waals surface area contributed by atoms with Gasteiger partial charge in [0.05, 0.1) is 13.2 Å². The fourth-order valence-corrected chi connectivity index (χ4v) is 1.83. The summed E-state index contributed by atoms with van der Waals surface area (Å²) in [7, 11) is 1.70. The van der Waals surface area contributed by atoms with Crippen LogP contribution in [0, 0.1) is 0 Å². The second-order valence-electron chi connectivity index (χ2n) is 3.47. The van der Waals surface area contributed by atoms with E-state index in [1.165, 1.54) is 4.80 Å². The first-order valence-electron chi connectivity index (χ1n) is 4.81. The number of benzene rings is 1. The molecule has 1 N–H and O–H groups in total. The number of nitrogens with zero attached hydrogens (tertiary/aromatic N) is 4. The summed E-state index contributed by atoms with van der Waals surface area (Å²) in [6, 6.07) is 7.54. The third-order valence-electron chi connectivity index (χ3n) is 2.16. The van der Waals surface area contributed by atoms with Crippen molar-refractivity contribution < 1.29 is 5.11 Å². The molecule has 0 saturated carbocycles. The number of tetrazole rings is 1. The summed E-state index contributed by atoms with van der Waals surface area (Å²) in [5.41, 5.74) is 0.835. The van der Waals surface area contributed by atoms with E-state index in [0.717, 1.165) is 10.0 Å². The van der Waals surface area contributed by atoms with Crippen LogP contribution in [0.4, 0.5) is 0 Å². The summed E-state index contributed by atoms with van der Waals surface area (Å²) in [6.45, 7) is 0. The minimum atomic E-state index is -0.610. The van der Waals surface area contributed by atoms with Crippen molar-refractivity contribution in [3.63, 3.8) is 0 Å². The molecule has 0 saturated heterocycles. The molecule has 1 atom stereocenters. The molecule has 0 amide bonds. The first kappa shape index (κ1) is 11.2. The average molecular weight is 283 g/mol. The van der Waals surface area contributed by atoms with Crippen LogP contribution >= 0.6 is 15.9 Å². The zero-order valence-corrected chi connectivity index (χ0v) is 10.3. The zero-order valence-electron chi connectivity index (χ0n) is 8.71. The summed E-state index contributed by atoms with van der Waals surface area (Å²) < 4.78 is 0.941. The SMILES string of the molecule is Cn1nnc(CC(O)c2cccc(Br)c2)n1. The van der Waals surface area contributed by atoms with Crippen molar-refractivity contribution in [3.05, 3.63) is 40.1 Å². The summed E-state index contributed by atoms with van der Waals surface area (Å²) in [6.07, 6.45) is -0.244. The molecule has 6 heteroatoms. The lowest BCUT2D eigenvalue weighted by Crippen LogP contribution is -2.03. The summed E-state index contributed by atoms with van der Waals surface area (Å²) >= 11 is 3.36. The van der Waals surface area contributed by atoms with Gasteiger partial charge in [0.2, 0.25) is 0 Å². The molecule has 16 heavy (non-hydrogen) atoms. The van der Waals surface area contributed by atoms with Crippen molar-refractivity contribution in [1.82, 2.24) is 20.2 Å². The highest BCUT2D eigenvalue weighted by Gasteiger charge is 2.12. The van der Waals surface area contributed by atoms with E-state index in [9.17, 15) is 5.11 Å². The maximum atomic E-state index is 9.97. The van der Waals surface area contributed by atoms with Crippen LogP contribution in [0.1, 0.15) is 17.5 Å². The lowest BCUT2D eigenvalue weighted by atomic mass is 10.1. The highest BCUT2D eigenvalue weighted by atomic mass is 79.9. The van der Waals surface area contributed by atoms with Crippen LogP contribution in [-0.2, 0) is 13.5 Å². The highest BCUT2D eigenvalue weighted by molar-refractivity contribution is 9.10. The highest BCUT2D eigenvalue weighted by Crippen LogP contribution is 2.20. The fraction of sp³-hybridized carbons (Fsp3) is 0.300. The predicted octanol–water partition coefficient (Wildman–Crippen LogP) is 1.25. The van der Waals surface area contributed by atoms with Crippen molar-refractivity contribution in [3.8, 4) is 0 Å². The van der Waals surface area contributed by atoms with E-state index in [-0.39, 0.29) is 0 Å². The van der Waals surface area contributed by atoms with Crippen molar-refractivity contribution in [2.45, 2.75) is 12.5 Å². The number of halogens is 1. The van der Waals surface area contributed by atoms with E-state index in [2.05, 4.69) is 31.3 Å². The number of aliphatic hydroxyl groups excluding tert-OH is 1. The van der Waals surface area contributed by atoms with Crippen LogP contribution < -0.4 is 0 Å². The number of hydrogen-bond acceptors (Lipinski definition) is 4. The number of aliphatic hydroxyl groups is 1. The molecule has 0 aliphatic rings. The van der Waals surface area contributed by atoms with E-state index in [1.54, 1.807) is 7.05 Å². The predicted molar refractivity (Wildman–Crippen MR) is 61.6 cm³/mol. The second-order valence-corrected chi connectivity index (χ2v) is 4.39. The van der Waals surface area contributed by atoms with E-state index >= 15 is 0 Å². The Morgan fingerprint density at radius 3 is 2.94 bits per heavy atom. The monoisotopic (exact) mass is 282 g/mol. The van der Waals surface area contributed by atoms with Crippen LogP contribution in [0.3, 0.4) is 0 Å². The Morgan fingerprint density at radius 2 is 2.31 bits per heavy atom.